The van der Waals surface area contributed by atoms with Crippen LogP contribution in [0.5, 0.6) is 0 Å². The second-order valence-corrected chi connectivity index (χ2v) is 9.21. The molecular formula is C22H26FNO2S. The van der Waals surface area contributed by atoms with Crippen LogP contribution in [0.1, 0.15) is 45.8 Å². The van der Waals surface area contributed by atoms with Crippen molar-refractivity contribution in [2.24, 2.45) is 5.92 Å². The zero-order valence-corrected chi connectivity index (χ0v) is 16.6. The first kappa shape index (κ1) is 18.6. The van der Waals surface area contributed by atoms with Crippen LogP contribution in [0.2, 0.25) is 0 Å². The van der Waals surface area contributed by atoms with E-state index >= 15 is 0 Å². The Kier molecular flexibility index (Phi) is 5.33. The predicted octanol–water partition coefficient (Wildman–Crippen LogP) is 4.84. The minimum absolute atomic E-state index is 0.113. The minimum atomic E-state index is -0.162. The molecule has 0 aliphatic carbocycles. The summed E-state index contributed by atoms with van der Waals surface area (Å²) in [7, 11) is 0. The fraction of sp³-hybridized carbons (Fsp3) is 0.500. The molecule has 1 atom stereocenters. The van der Waals surface area contributed by atoms with E-state index in [0.717, 1.165) is 62.2 Å². The highest BCUT2D eigenvalue weighted by atomic mass is 32.1. The third-order valence-corrected chi connectivity index (χ3v) is 6.91. The van der Waals surface area contributed by atoms with Crippen LogP contribution in [0.15, 0.2) is 36.4 Å². The molecule has 2 aromatic rings. The molecule has 1 spiro atoms. The number of halogens is 1. The summed E-state index contributed by atoms with van der Waals surface area (Å²) in [5.41, 5.74) is 0.955. The molecule has 2 aliphatic rings. The van der Waals surface area contributed by atoms with Crippen molar-refractivity contribution in [2.45, 2.75) is 44.6 Å². The molecule has 2 aliphatic heterocycles. The monoisotopic (exact) mass is 387 g/mol. The standard InChI is InChI=1S/C22H26FNO2S/c1-16-5-6-20(27-16)21(25)24-10-8-22(9-11-24)15-18(7-12-26-22)13-17-3-2-4-19(23)14-17/h2-6,14,18H,7-13,15H2,1H3. The van der Waals surface area contributed by atoms with Crippen LogP contribution in [0, 0.1) is 18.7 Å². The molecule has 1 aromatic heterocycles. The highest BCUT2D eigenvalue weighted by Crippen LogP contribution is 2.39. The summed E-state index contributed by atoms with van der Waals surface area (Å²) >= 11 is 1.57. The van der Waals surface area contributed by atoms with Gasteiger partial charge in [-0.3, -0.25) is 4.79 Å². The first-order valence-electron chi connectivity index (χ1n) is 9.77. The number of piperidine rings is 1. The van der Waals surface area contributed by atoms with Gasteiger partial charge in [0.05, 0.1) is 10.5 Å². The normalized spacial score (nSPS) is 22.1. The lowest BCUT2D eigenvalue weighted by Gasteiger charge is -2.46. The van der Waals surface area contributed by atoms with Gasteiger partial charge in [-0.1, -0.05) is 12.1 Å². The Hall–Kier alpha value is -1.72. The van der Waals surface area contributed by atoms with Crippen molar-refractivity contribution in [2.75, 3.05) is 19.7 Å². The van der Waals surface area contributed by atoms with E-state index in [2.05, 4.69) is 0 Å². The number of ether oxygens (including phenoxy) is 1. The maximum atomic E-state index is 13.5. The second-order valence-electron chi connectivity index (χ2n) is 7.93. The van der Waals surface area contributed by atoms with Crippen LogP contribution < -0.4 is 0 Å². The molecule has 3 nitrogen and oxygen atoms in total. The Morgan fingerprint density at radius 2 is 2.11 bits per heavy atom. The zero-order chi connectivity index (χ0) is 18.9. The Bertz CT molecular complexity index is 810. The van der Waals surface area contributed by atoms with Crippen molar-refractivity contribution in [1.82, 2.24) is 4.90 Å². The summed E-state index contributed by atoms with van der Waals surface area (Å²) < 4.78 is 19.7. The summed E-state index contributed by atoms with van der Waals surface area (Å²) in [5.74, 6) is 0.503. The van der Waals surface area contributed by atoms with Crippen LogP contribution in [-0.4, -0.2) is 36.1 Å². The molecule has 0 N–H and O–H groups in total. The van der Waals surface area contributed by atoms with Gasteiger partial charge in [0.2, 0.25) is 0 Å². The Morgan fingerprint density at radius 3 is 2.81 bits per heavy atom. The van der Waals surface area contributed by atoms with Gasteiger partial charge >= 0.3 is 0 Å². The number of aryl methyl sites for hydroxylation is 1. The fourth-order valence-corrected chi connectivity index (χ4v) is 5.31. The number of hydrogen-bond acceptors (Lipinski definition) is 3. The van der Waals surface area contributed by atoms with Gasteiger partial charge in [-0.25, -0.2) is 4.39 Å². The number of carbonyl (C=O) groups excluding carboxylic acids is 1. The molecule has 0 bridgehead atoms. The molecule has 5 heteroatoms. The summed E-state index contributed by atoms with van der Waals surface area (Å²) in [6.45, 7) is 4.30. The summed E-state index contributed by atoms with van der Waals surface area (Å²) in [6.07, 6.45) is 4.71. The van der Waals surface area contributed by atoms with Gasteiger partial charge in [0, 0.05) is 24.6 Å². The van der Waals surface area contributed by atoms with Crippen molar-refractivity contribution in [1.29, 1.82) is 0 Å². The molecule has 1 unspecified atom stereocenters. The van der Waals surface area contributed by atoms with Crippen LogP contribution in [0.3, 0.4) is 0 Å². The van der Waals surface area contributed by atoms with E-state index in [1.807, 2.05) is 30.0 Å². The van der Waals surface area contributed by atoms with E-state index < -0.39 is 0 Å². The molecule has 0 radical (unpaired) electrons. The summed E-state index contributed by atoms with van der Waals surface area (Å²) in [6, 6.07) is 10.9. The maximum Gasteiger partial charge on any atom is 0.263 e. The largest absolute Gasteiger partial charge is 0.375 e. The molecule has 2 fully saturated rings. The van der Waals surface area contributed by atoms with Gasteiger partial charge in [0.25, 0.3) is 5.91 Å². The lowest BCUT2D eigenvalue weighted by molar-refractivity contribution is -0.123. The van der Waals surface area contributed by atoms with Gasteiger partial charge in [0.1, 0.15) is 5.82 Å². The predicted molar refractivity (Wildman–Crippen MR) is 106 cm³/mol. The number of likely N-dealkylation sites (tertiary alicyclic amines) is 1. The molecule has 2 saturated heterocycles. The number of nitrogens with zero attached hydrogens (tertiary/aromatic N) is 1. The number of hydrogen-bond donors (Lipinski definition) is 0. The van der Waals surface area contributed by atoms with Crippen LogP contribution >= 0.6 is 11.3 Å². The first-order chi connectivity index (χ1) is 13.0. The molecular weight excluding hydrogens is 361 g/mol. The van der Waals surface area contributed by atoms with Crippen LogP contribution in [0.25, 0.3) is 0 Å². The van der Waals surface area contributed by atoms with Gasteiger partial charge in [-0.05, 0) is 74.8 Å². The maximum absolute atomic E-state index is 13.5. The Morgan fingerprint density at radius 1 is 1.30 bits per heavy atom. The SMILES string of the molecule is Cc1ccc(C(=O)N2CCC3(CC2)CC(Cc2cccc(F)c2)CCO3)s1. The molecule has 4 rings (SSSR count). The third kappa shape index (κ3) is 4.25. The average molecular weight is 388 g/mol. The topological polar surface area (TPSA) is 29.5 Å². The Balaban J connectivity index is 1.36. The van der Waals surface area contributed by atoms with E-state index in [9.17, 15) is 9.18 Å². The van der Waals surface area contributed by atoms with Crippen molar-refractivity contribution < 1.29 is 13.9 Å². The van der Waals surface area contributed by atoms with E-state index in [1.54, 1.807) is 23.5 Å². The van der Waals surface area contributed by atoms with E-state index in [1.165, 1.54) is 10.9 Å². The third-order valence-electron chi connectivity index (χ3n) is 5.92. The zero-order valence-electron chi connectivity index (χ0n) is 15.7. The molecule has 27 heavy (non-hydrogen) atoms. The number of amides is 1. The average Bonchev–Trinajstić information content (AvgIpc) is 3.08. The van der Waals surface area contributed by atoms with E-state index in [-0.39, 0.29) is 17.3 Å². The van der Waals surface area contributed by atoms with Gasteiger partial charge in [0.15, 0.2) is 0 Å². The minimum Gasteiger partial charge on any atom is -0.375 e. The van der Waals surface area contributed by atoms with Crippen molar-refractivity contribution in [3.8, 4) is 0 Å². The van der Waals surface area contributed by atoms with E-state index in [0.29, 0.717) is 5.92 Å². The number of benzene rings is 1. The number of thiophene rings is 1. The lowest BCUT2D eigenvalue weighted by Crippen LogP contribution is -2.50. The van der Waals surface area contributed by atoms with Gasteiger partial charge in [-0.15, -0.1) is 11.3 Å². The van der Waals surface area contributed by atoms with Crippen molar-refractivity contribution in [3.63, 3.8) is 0 Å². The fourth-order valence-electron chi connectivity index (χ4n) is 4.47. The highest BCUT2D eigenvalue weighted by molar-refractivity contribution is 7.13. The lowest BCUT2D eigenvalue weighted by atomic mass is 9.77. The molecule has 144 valence electrons. The smallest absolute Gasteiger partial charge is 0.263 e. The molecule has 3 heterocycles. The summed E-state index contributed by atoms with van der Waals surface area (Å²) in [5, 5.41) is 0. The molecule has 1 amide bonds. The molecule has 1 aromatic carbocycles. The van der Waals surface area contributed by atoms with Gasteiger partial charge < -0.3 is 9.64 Å². The quantitative estimate of drug-likeness (QED) is 0.754. The number of carbonyl (C=O) groups is 1. The number of rotatable bonds is 3. The van der Waals surface area contributed by atoms with Gasteiger partial charge in [-0.2, -0.15) is 0 Å². The van der Waals surface area contributed by atoms with Crippen molar-refractivity contribution in [3.05, 3.63) is 57.5 Å². The summed E-state index contributed by atoms with van der Waals surface area (Å²) in [4.78, 5) is 16.6. The van der Waals surface area contributed by atoms with Crippen molar-refractivity contribution >= 4 is 17.2 Å². The molecule has 0 saturated carbocycles. The van der Waals surface area contributed by atoms with Crippen LogP contribution in [-0.2, 0) is 11.2 Å². The highest BCUT2D eigenvalue weighted by Gasteiger charge is 2.41. The van der Waals surface area contributed by atoms with Crippen LogP contribution in [0.4, 0.5) is 4.39 Å². The second kappa shape index (κ2) is 7.72. The van der Waals surface area contributed by atoms with E-state index in [4.69, 9.17) is 4.74 Å². The Labute approximate surface area is 164 Å². The first-order valence-corrected chi connectivity index (χ1v) is 10.6.